The SMILES string of the molecule is CC(C)c1noc([C@H](N[C@@H](C)CCn2cncn2)C2CCOCC2)n1. The van der Waals surface area contributed by atoms with Crippen molar-refractivity contribution in [1.82, 2.24) is 30.2 Å². The number of aryl methyl sites for hydroxylation is 1. The molecule has 25 heavy (non-hydrogen) atoms. The number of nitrogens with zero attached hydrogens (tertiary/aromatic N) is 5. The van der Waals surface area contributed by atoms with E-state index in [1.165, 1.54) is 0 Å². The van der Waals surface area contributed by atoms with Crippen LogP contribution in [0.5, 0.6) is 0 Å². The predicted molar refractivity (Wildman–Crippen MR) is 91.9 cm³/mol. The molecule has 0 spiro atoms. The average molecular weight is 348 g/mol. The van der Waals surface area contributed by atoms with E-state index in [2.05, 4.69) is 46.3 Å². The molecule has 1 aliphatic heterocycles. The number of hydrogen-bond acceptors (Lipinski definition) is 7. The van der Waals surface area contributed by atoms with E-state index in [0.29, 0.717) is 17.9 Å². The first-order valence-corrected chi connectivity index (χ1v) is 9.13. The lowest BCUT2D eigenvalue weighted by Gasteiger charge is -2.30. The molecule has 2 atom stereocenters. The van der Waals surface area contributed by atoms with Gasteiger partial charge in [0.2, 0.25) is 5.89 Å². The molecule has 0 aliphatic carbocycles. The largest absolute Gasteiger partial charge is 0.381 e. The second-order valence-corrected chi connectivity index (χ2v) is 7.09. The van der Waals surface area contributed by atoms with Crippen LogP contribution in [0.2, 0.25) is 0 Å². The fourth-order valence-electron chi connectivity index (χ4n) is 3.13. The summed E-state index contributed by atoms with van der Waals surface area (Å²) in [5.41, 5.74) is 0. The third-order valence-electron chi connectivity index (χ3n) is 4.70. The maximum atomic E-state index is 5.60. The predicted octanol–water partition coefficient (Wildman–Crippen LogP) is 2.32. The molecular weight excluding hydrogens is 320 g/mol. The zero-order valence-corrected chi connectivity index (χ0v) is 15.3. The Hall–Kier alpha value is -1.80. The molecule has 1 N–H and O–H groups in total. The summed E-state index contributed by atoms with van der Waals surface area (Å²) in [6.07, 6.45) is 6.28. The van der Waals surface area contributed by atoms with Gasteiger partial charge in [-0.15, -0.1) is 0 Å². The topological polar surface area (TPSA) is 90.9 Å². The summed E-state index contributed by atoms with van der Waals surface area (Å²) in [4.78, 5) is 8.63. The summed E-state index contributed by atoms with van der Waals surface area (Å²) in [6, 6.07) is 0.362. The molecule has 8 nitrogen and oxygen atoms in total. The van der Waals surface area contributed by atoms with E-state index in [4.69, 9.17) is 9.26 Å². The summed E-state index contributed by atoms with van der Waals surface area (Å²) in [5, 5.41) is 12.0. The first-order valence-electron chi connectivity index (χ1n) is 9.13. The lowest BCUT2D eigenvalue weighted by Crippen LogP contribution is -2.38. The van der Waals surface area contributed by atoms with Crippen LogP contribution in [0, 0.1) is 5.92 Å². The Labute approximate surface area is 148 Å². The molecule has 8 heteroatoms. The Kier molecular flexibility index (Phi) is 6.14. The highest BCUT2D eigenvalue weighted by molar-refractivity contribution is 4.99. The summed E-state index contributed by atoms with van der Waals surface area (Å²) in [6.45, 7) is 8.75. The van der Waals surface area contributed by atoms with E-state index in [-0.39, 0.29) is 12.0 Å². The summed E-state index contributed by atoms with van der Waals surface area (Å²) in [5.74, 6) is 2.17. The number of aromatic nitrogens is 5. The van der Waals surface area contributed by atoms with E-state index in [1.54, 1.807) is 12.7 Å². The average Bonchev–Trinajstić information content (AvgIpc) is 3.30. The van der Waals surface area contributed by atoms with Gasteiger partial charge in [-0.3, -0.25) is 4.68 Å². The van der Waals surface area contributed by atoms with Crippen molar-refractivity contribution >= 4 is 0 Å². The molecule has 0 unspecified atom stereocenters. The van der Waals surface area contributed by atoms with Crippen molar-refractivity contribution in [3.05, 3.63) is 24.4 Å². The van der Waals surface area contributed by atoms with Gasteiger partial charge in [-0.2, -0.15) is 10.1 Å². The number of rotatable bonds is 8. The van der Waals surface area contributed by atoms with E-state index < -0.39 is 0 Å². The maximum absolute atomic E-state index is 5.60. The molecule has 0 bridgehead atoms. The molecular formula is C17H28N6O2. The van der Waals surface area contributed by atoms with Crippen LogP contribution >= 0.6 is 0 Å². The second kappa shape index (κ2) is 8.53. The molecule has 2 aromatic rings. The van der Waals surface area contributed by atoms with Crippen LogP contribution in [0.15, 0.2) is 17.2 Å². The van der Waals surface area contributed by atoms with E-state index in [9.17, 15) is 0 Å². The first kappa shape index (κ1) is 18.0. The van der Waals surface area contributed by atoms with Gasteiger partial charge in [0.05, 0.1) is 6.04 Å². The zero-order valence-electron chi connectivity index (χ0n) is 15.3. The Morgan fingerprint density at radius 3 is 2.72 bits per heavy atom. The van der Waals surface area contributed by atoms with Gasteiger partial charge >= 0.3 is 0 Å². The first-order chi connectivity index (χ1) is 12.1. The van der Waals surface area contributed by atoms with Crippen LogP contribution in [0.4, 0.5) is 0 Å². The summed E-state index contributed by atoms with van der Waals surface area (Å²) >= 11 is 0. The Balaban J connectivity index is 1.66. The van der Waals surface area contributed by atoms with Crippen LogP contribution in [-0.2, 0) is 11.3 Å². The molecule has 2 aromatic heterocycles. The third-order valence-corrected chi connectivity index (χ3v) is 4.70. The molecule has 1 saturated heterocycles. The molecule has 0 amide bonds. The van der Waals surface area contributed by atoms with Crippen LogP contribution in [-0.4, -0.2) is 44.2 Å². The van der Waals surface area contributed by atoms with E-state index in [0.717, 1.165) is 44.8 Å². The molecule has 0 saturated carbocycles. The van der Waals surface area contributed by atoms with Crippen molar-refractivity contribution in [2.24, 2.45) is 5.92 Å². The van der Waals surface area contributed by atoms with E-state index in [1.807, 2.05) is 4.68 Å². The molecule has 1 fully saturated rings. The number of hydrogen-bond donors (Lipinski definition) is 1. The molecule has 0 radical (unpaired) electrons. The monoisotopic (exact) mass is 348 g/mol. The molecule has 3 rings (SSSR count). The van der Waals surface area contributed by atoms with Gasteiger partial charge in [-0.25, -0.2) is 4.98 Å². The molecule has 0 aromatic carbocycles. The highest BCUT2D eigenvalue weighted by Crippen LogP contribution is 2.30. The standard InChI is InChI=1S/C17H28N6O2/c1-12(2)16-21-17(25-22-16)15(14-5-8-24-9-6-14)20-13(3)4-7-23-11-18-10-19-23/h10-15,20H,4-9H2,1-3H3/t13-,15+/m0/s1. The summed E-state index contributed by atoms with van der Waals surface area (Å²) in [7, 11) is 0. The van der Waals surface area contributed by atoms with Gasteiger partial charge in [0.15, 0.2) is 5.82 Å². The van der Waals surface area contributed by atoms with Crippen LogP contribution in [0.3, 0.4) is 0 Å². The minimum absolute atomic E-state index is 0.0645. The zero-order chi connectivity index (χ0) is 17.6. The van der Waals surface area contributed by atoms with Gasteiger partial charge in [0.1, 0.15) is 12.7 Å². The summed E-state index contributed by atoms with van der Waals surface area (Å²) < 4.78 is 13.0. The normalized spacial score (nSPS) is 18.6. The van der Waals surface area contributed by atoms with Crippen LogP contribution < -0.4 is 5.32 Å². The quantitative estimate of drug-likeness (QED) is 0.783. The molecule has 138 valence electrons. The second-order valence-electron chi connectivity index (χ2n) is 7.09. The molecule has 1 aliphatic rings. The lowest BCUT2D eigenvalue weighted by atomic mass is 9.91. The van der Waals surface area contributed by atoms with E-state index >= 15 is 0 Å². The van der Waals surface area contributed by atoms with Crippen molar-refractivity contribution in [2.45, 2.75) is 64.6 Å². The fourth-order valence-corrected chi connectivity index (χ4v) is 3.13. The van der Waals surface area contributed by atoms with Gasteiger partial charge in [-0.05, 0) is 32.1 Å². The molecule has 3 heterocycles. The van der Waals surface area contributed by atoms with Gasteiger partial charge in [0, 0.05) is 31.7 Å². The minimum Gasteiger partial charge on any atom is -0.381 e. The number of nitrogens with one attached hydrogen (secondary N) is 1. The van der Waals surface area contributed by atoms with Gasteiger partial charge in [0.25, 0.3) is 0 Å². The van der Waals surface area contributed by atoms with Crippen molar-refractivity contribution in [3.63, 3.8) is 0 Å². The van der Waals surface area contributed by atoms with Crippen LogP contribution in [0.1, 0.15) is 63.7 Å². The third kappa shape index (κ3) is 4.85. The van der Waals surface area contributed by atoms with Crippen molar-refractivity contribution in [2.75, 3.05) is 13.2 Å². The highest BCUT2D eigenvalue weighted by Gasteiger charge is 2.31. The van der Waals surface area contributed by atoms with Gasteiger partial charge in [-0.1, -0.05) is 19.0 Å². The smallest absolute Gasteiger partial charge is 0.244 e. The lowest BCUT2D eigenvalue weighted by molar-refractivity contribution is 0.0468. The Morgan fingerprint density at radius 2 is 2.08 bits per heavy atom. The van der Waals surface area contributed by atoms with Crippen molar-refractivity contribution in [3.8, 4) is 0 Å². The van der Waals surface area contributed by atoms with Crippen molar-refractivity contribution < 1.29 is 9.26 Å². The van der Waals surface area contributed by atoms with Crippen LogP contribution in [0.25, 0.3) is 0 Å². The highest BCUT2D eigenvalue weighted by atomic mass is 16.5. The Morgan fingerprint density at radius 1 is 1.28 bits per heavy atom. The Bertz CT molecular complexity index is 621. The van der Waals surface area contributed by atoms with Gasteiger partial charge < -0.3 is 14.6 Å². The minimum atomic E-state index is 0.0645. The number of ether oxygens (including phenoxy) is 1. The fraction of sp³-hybridized carbons (Fsp3) is 0.765. The maximum Gasteiger partial charge on any atom is 0.244 e. The van der Waals surface area contributed by atoms with Crippen molar-refractivity contribution in [1.29, 1.82) is 0 Å².